The number of nitrogens with one attached hydrogen (secondary N) is 2. The van der Waals surface area contributed by atoms with Crippen LogP contribution in [0.25, 0.3) is 0 Å². The lowest BCUT2D eigenvalue weighted by atomic mass is 10.2. The van der Waals surface area contributed by atoms with Crippen molar-refractivity contribution in [3.05, 3.63) is 54.1 Å². The highest BCUT2D eigenvalue weighted by Gasteiger charge is 2.16. The summed E-state index contributed by atoms with van der Waals surface area (Å²) in [6.07, 6.45) is 1.98. The van der Waals surface area contributed by atoms with Gasteiger partial charge in [0.1, 0.15) is 0 Å². The zero-order chi connectivity index (χ0) is 20.9. The minimum Gasteiger partial charge on any atom is -0.452 e. The molecule has 0 radical (unpaired) electrons. The molecule has 1 amide bonds. The number of anilines is 2. The number of ether oxygens (including phenoxy) is 1. The number of hydrogen-bond acceptors (Lipinski definition) is 7. The largest absolute Gasteiger partial charge is 0.452 e. The van der Waals surface area contributed by atoms with Gasteiger partial charge in [0.15, 0.2) is 16.4 Å². The van der Waals surface area contributed by atoms with Gasteiger partial charge >= 0.3 is 5.97 Å². The minimum absolute atomic E-state index is 0.0398. The van der Waals surface area contributed by atoms with Crippen molar-refractivity contribution in [3.8, 4) is 0 Å². The number of carbonyl (C=O) groups excluding carboxylic acids is 2. The lowest BCUT2D eigenvalue weighted by molar-refractivity contribution is -0.119. The van der Waals surface area contributed by atoms with Crippen LogP contribution >= 0.6 is 0 Å². The first-order valence-corrected chi connectivity index (χ1v) is 11.6. The van der Waals surface area contributed by atoms with Crippen LogP contribution in [0.1, 0.15) is 10.4 Å². The Kier molecular flexibility index (Phi) is 6.41. The average molecular weight is 426 g/mol. The van der Waals surface area contributed by atoms with Crippen LogP contribution in [0.5, 0.6) is 0 Å². The number of sulfone groups is 1. The summed E-state index contributed by atoms with van der Waals surface area (Å²) in [5.74, 6) is -1.57. The fourth-order valence-electron chi connectivity index (χ4n) is 2.22. The van der Waals surface area contributed by atoms with Crippen LogP contribution in [-0.2, 0) is 29.4 Å². The predicted molar refractivity (Wildman–Crippen MR) is 103 cm³/mol. The molecule has 0 aliphatic rings. The standard InChI is InChI=1S/C17H18N2O7S2/c1-27(22,23)15-9-4-3-8-14(15)18-16(20)11-26-17(21)12-6-5-7-13(10-12)19-28(2,24)25/h3-10,19H,11H2,1-2H3,(H,18,20). The molecular weight excluding hydrogens is 408 g/mol. The first-order valence-electron chi connectivity index (χ1n) is 7.79. The summed E-state index contributed by atoms with van der Waals surface area (Å²) in [6.45, 7) is -0.652. The van der Waals surface area contributed by atoms with E-state index in [1.807, 2.05) is 0 Å². The van der Waals surface area contributed by atoms with Gasteiger partial charge in [0, 0.05) is 11.9 Å². The molecule has 0 spiro atoms. The summed E-state index contributed by atoms with van der Waals surface area (Å²) in [5.41, 5.74) is 0.284. The van der Waals surface area contributed by atoms with Crippen molar-refractivity contribution in [3.63, 3.8) is 0 Å². The van der Waals surface area contributed by atoms with Crippen molar-refractivity contribution in [1.29, 1.82) is 0 Å². The van der Waals surface area contributed by atoms with E-state index in [4.69, 9.17) is 4.74 Å². The van der Waals surface area contributed by atoms with Gasteiger partial charge in [-0.05, 0) is 30.3 Å². The van der Waals surface area contributed by atoms with E-state index >= 15 is 0 Å². The highest BCUT2D eigenvalue weighted by atomic mass is 32.2. The second-order valence-corrected chi connectivity index (χ2v) is 9.58. The van der Waals surface area contributed by atoms with Crippen LogP contribution in [0.2, 0.25) is 0 Å². The second-order valence-electron chi connectivity index (χ2n) is 5.85. The molecule has 0 aliphatic heterocycles. The van der Waals surface area contributed by atoms with Crippen molar-refractivity contribution in [2.24, 2.45) is 0 Å². The SMILES string of the molecule is CS(=O)(=O)Nc1cccc(C(=O)OCC(=O)Nc2ccccc2S(C)(=O)=O)c1. The molecule has 0 saturated heterocycles. The number of esters is 1. The lowest BCUT2D eigenvalue weighted by Gasteiger charge is -2.10. The number of rotatable bonds is 7. The zero-order valence-electron chi connectivity index (χ0n) is 15.0. The Balaban J connectivity index is 2.02. The number of carbonyl (C=O) groups is 2. The molecule has 150 valence electrons. The Labute approximate surface area is 162 Å². The van der Waals surface area contributed by atoms with Crippen molar-refractivity contribution in [1.82, 2.24) is 0 Å². The summed E-state index contributed by atoms with van der Waals surface area (Å²) in [7, 11) is -7.06. The van der Waals surface area contributed by atoms with Crippen molar-refractivity contribution < 1.29 is 31.2 Å². The molecule has 9 nitrogen and oxygen atoms in total. The maximum absolute atomic E-state index is 12.1. The lowest BCUT2D eigenvalue weighted by Crippen LogP contribution is -2.22. The predicted octanol–water partition coefficient (Wildman–Crippen LogP) is 1.26. The van der Waals surface area contributed by atoms with Gasteiger partial charge in [0.25, 0.3) is 5.91 Å². The van der Waals surface area contributed by atoms with E-state index in [-0.39, 0.29) is 21.8 Å². The van der Waals surface area contributed by atoms with E-state index in [2.05, 4.69) is 10.0 Å². The Morgan fingerprint density at radius 1 is 0.964 bits per heavy atom. The Morgan fingerprint density at radius 3 is 2.29 bits per heavy atom. The fraction of sp³-hybridized carbons (Fsp3) is 0.176. The van der Waals surface area contributed by atoms with Crippen LogP contribution in [-0.4, -0.2) is 47.8 Å². The van der Waals surface area contributed by atoms with Gasteiger partial charge in [-0.15, -0.1) is 0 Å². The first-order chi connectivity index (χ1) is 13.0. The molecule has 2 rings (SSSR count). The quantitative estimate of drug-likeness (QED) is 0.636. The van der Waals surface area contributed by atoms with E-state index in [9.17, 15) is 26.4 Å². The third-order valence-corrected chi connectivity index (χ3v) is 5.06. The minimum atomic E-state index is -3.55. The molecular formula is C17H18N2O7S2. The van der Waals surface area contributed by atoms with Crippen molar-refractivity contribution in [2.75, 3.05) is 29.2 Å². The highest BCUT2D eigenvalue weighted by molar-refractivity contribution is 7.92. The van der Waals surface area contributed by atoms with Crippen molar-refractivity contribution in [2.45, 2.75) is 4.90 Å². The van der Waals surface area contributed by atoms with E-state index in [1.165, 1.54) is 42.5 Å². The van der Waals surface area contributed by atoms with E-state index < -0.39 is 38.3 Å². The fourth-order valence-corrected chi connectivity index (χ4v) is 3.62. The van der Waals surface area contributed by atoms with Crippen molar-refractivity contribution >= 4 is 43.1 Å². The summed E-state index contributed by atoms with van der Waals surface area (Å²) < 4.78 is 53.1. The molecule has 11 heteroatoms. The number of amides is 1. The summed E-state index contributed by atoms with van der Waals surface area (Å²) in [6, 6.07) is 11.4. The maximum Gasteiger partial charge on any atom is 0.338 e. The van der Waals surface area contributed by atoms with Crippen LogP contribution in [0.15, 0.2) is 53.4 Å². The Bertz CT molecular complexity index is 1110. The summed E-state index contributed by atoms with van der Waals surface area (Å²) >= 11 is 0. The molecule has 0 fully saturated rings. The molecule has 0 atom stereocenters. The van der Waals surface area contributed by atoms with Crippen LogP contribution in [0.4, 0.5) is 11.4 Å². The van der Waals surface area contributed by atoms with E-state index in [0.717, 1.165) is 12.5 Å². The molecule has 0 aromatic heterocycles. The second kappa shape index (κ2) is 8.40. The Hall–Kier alpha value is -2.92. The van der Waals surface area contributed by atoms with E-state index in [0.29, 0.717) is 0 Å². The van der Waals surface area contributed by atoms with Gasteiger partial charge in [-0.1, -0.05) is 18.2 Å². The normalized spacial score (nSPS) is 11.5. The summed E-state index contributed by atoms with van der Waals surface area (Å²) in [5, 5.41) is 2.38. The number of hydrogen-bond donors (Lipinski definition) is 2. The van der Waals surface area contributed by atoms with Gasteiger partial charge in [-0.3, -0.25) is 9.52 Å². The molecule has 0 unspecified atom stereocenters. The molecule has 0 aliphatic carbocycles. The highest BCUT2D eigenvalue weighted by Crippen LogP contribution is 2.20. The molecule has 0 saturated carbocycles. The monoisotopic (exact) mass is 426 g/mol. The molecule has 28 heavy (non-hydrogen) atoms. The third-order valence-electron chi connectivity index (χ3n) is 3.30. The smallest absolute Gasteiger partial charge is 0.338 e. The maximum atomic E-state index is 12.1. The van der Waals surface area contributed by atoms with Gasteiger partial charge in [-0.2, -0.15) is 0 Å². The molecule has 2 N–H and O–H groups in total. The molecule has 0 bridgehead atoms. The van der Waals surface area contributed by atoms with E-state index in [1.54, 1.807) is 6.07 Å². The zero-order valence-corrected chi connectivity index (χ0v) is 16.6. The first kappa shape index (κ1) is 21.4. The van der Waals surface area contributed by atoms with Gasteiger partial charge < -0.3 is 10.1 Å². The number of sulfonamides is 1. The Morgan fingerprint density at radius 2 is 1.64 bits per heavy atom. The van der Waals surface area contributed by atoms with Gasteiger partial charge in [0.05, 0.1) is 22.4 Å². The molecule has 2 aromatic carbocycles. The van der Waals surface area contributed by atoms with Gasteiger partial charge in [-0.25, -0.2) is 21.6 Å². The number of para-hydroxylation sites is 1. The molecule has 2 aromatic rings. The van der Waals surface area contributed by atoms with Crippen LogP contribution in [0.3, 0.4) is 0 Å². The van der Waals surface area contributed by atoms with Crippen LogP contribution in [0, 0.1) is 0 Å². The number of benzene rings is 2. The third kappa shape index (κ3) is 6.35. The average Bonchev–Trinajstić information content (AvgIpc) is 2.58. The van der Waals surface area contributed by atoms with Gasteiger partial charge in [0.2, 0.25) is 10.0 Å². The molecule has 0 heterocycles. The topological polar surface area (TPSA) is 136 Å². The summed E-state index contributed by atoms with van der Waals surface area (Å²) in [4.78, 5) is 24.0. The van der Waals surface area contributed by atoms with Crippen LogP contribution < -0.4 is 10.0 Å².